The van der Waals surface area contributed by atoms with E-state index in [9.17, 15) is 5.11 Å². The zero-order chi connectivity index (χ0) is 15.4. The maximum absolute atomic E-state index is 10.6. The van der Waals surface area contributed by atoms with Gasteiger partial charge in [0, 0.05) is 21.8 Å². The standard InChI is InChI=1S/C16H18BrNO3/c1-10(2)21-13-6-11(8-18-9-13)16(19)14-7-12(17)4-5-15(14)20-3/h4-10,16,19H,1-3H3. The Morgan fingerprint density at radius 3 is 2.62 bits per heavy atom. The van der Waals surface area contributed by atoms with Crippen molar-refractivity contribution >= 4 is 15.9 Å². The Balaban J connectivity index is 2.35. The summed E-state index contributed by atoms with van der Waals surface area (Å²) in [5, 5.41) is 10.6. The molecule has 1 heterocycles. The van der Waals surface area contributed by atoms with E-state index in [0.717, 1.165) is 4.47 Å². The van der Waals surface area contributed by atoms with E-state index >= 15 is 0 Å². The van der Waals surface area contributed by atoms with Crippen molar-refractivity contribution in [1.82, 2.24) is 4.98 Å². The zero-order valence-electron chi connectivity index (χ0n) is 12.2. The van der Waals surface area contributed by atoms with E-state index in [1.54, 1.807) is 25.6 Å². The molecule has 2 rings (SSSR count). The van der Waals surface area contributed by atoms with E-state index in [4.69, 9.17) is 9.47 Å². The van der Waals surface area contributed by atoms with E-state index < -0.39 is 6.10 Å². The van der Waals surface area contributed by atoms with Gasteiger partial charge in [0.05, 0.1) is 19.4 Å². The van der Waals surface area contributed by atoms with Gasteiger partial charge in [0.2, 0.25) is 0 Å². The first kappa shape index (κ1) is 15.8. The SMILES string of the molecule is COc1ccc(Br)cc1C(O)c1cncc(OC(C)C)c1. The van der Waals surface area contributed by atoms with Gasteiger partial charge >= 0.3 is 0 Å². The van der Waals surface area contributed by atoms with Gasteiger partial charge < -0.3 is 14.6 Å². The molecule has 0 aliphatic carbocycles. The number of ether oxygens (including phenoxy) is 2. The van der Waals surface area contributed by atoms with E-state index in [2.05, 4.69) is 20.9 Å². The lowest BCUT2D eigenvalue weighted by atomic mass is 10.0. The molecule has 21 heavy (non-hydrogen) atoms. The third-order valence-electron chi connectivity index (χ3n) is 2.91. The van der Waals surface area contributed by atoms with Crippen molar-refractivity contribution in [1.29, 1.82) is 0 Å². The van der Waals surface area contributed by atoms with Crippen LogP contribution in [0.25, 0.3) is 0 Å². The number of halogens is 1. The summed E-state index contributed by atoms with van der Waals surface area (Å²) in [6.45, 7) is 3.89. The molecule has 0 saturated carbocycles. The summed E-state index contributed by atoms with van der Waals surface area (Å²) < 4.78 is 11.8. The Morgan fingerprint density at radius 2 is 1.95 bits per heavy atom. The summed E-state index contributed by atoms with van der Waals surface area (Å²) in [4.78, 5) is 4.12. The van der Waals surface area contributed by atoms with Gasteiger partial charge in [-0.3, -0.25) is 4.98 Å². The average molecular weight is 352 g/mol. The number of benzene rings is 1. The highest BCUT2D eigenvalue weighted by Gasteiger charge is 2.17. The predicted molar refractivity (Wildman–Crippen MR) is 84.8 cm³/mol. The molecule has 0 aliphatic rings. The highest BCUT2D eigenvalue weighted by Crippen LogP contribution is 2.33. The molecule has 2 aromatic rings. The summed E-state index contributed by atoms with van der Waals surface area (Å²) in [6.07, 6.45) is 2.48. The Kier molecular flexibility index (Phi) is 5.20. The summed E-state index contributed by atoms with van der Waals surface area (Å²) in [5.74, 6) is 1.26. The fourth-order valence-electron chi connectivity index (χ4n) is 2.02. The minimum Gasteiger partial charge on any atom is -0.496 e. The lowest BCUT2D eigenvalue weighted by molar-refractivity contribution is 0.210. The van der Waals surface area contributed by atoms with E-state index in [-0.39, 0.29) is 6.10 Å². The van der Waals surface area contributed by atoms with Crippen LogP contribution in [0, 0.1) is 0 Å². The van der Waals surface area contributed by atoms with Crippen LogP contribution >= 0.6 is 15.9 Å². The number of aromatic nitrogens is 1. The van der Waals surface area contributed by atoms with Crippen LogP contribution < -0.4 is 9.47 Å². The van der Waals surface area contributed by atoms with E-state index in [1.165, 1.54) is 0 Å². The summed E-state index contributed by atoms with van der Waals surface area (Å²) in [5.41, 5.74) is 1.33. The van der Waals surface area contributed by atoms with Crippen LogP contribution in [0.2, 0.25) is 0 Å². The van der Waals surface area contributed by atoms with Gasteiger partial charge in [-0.05, 0) is 38.1 Å². The summed E-state index contributed by atoms with van der Waals surface area (Å²) >= 11 is 3.41. The quantitative estimate of drug-likeness (QED) is 0.891. The topological polar surface area (TPSA) is 51.6 Å². The van der Waals surface area contributed by atoms with Crippen molar-refractivity contribution in [2.75, 3.05) is 7.11 Å². The van der Waals surface area contributed by atoms with Gasteiger partial charge in [0.15, 0.2) is 0 Å². The second-order valence-corrected chi connectivity index (χ2v) is 5.83. The lowest BCUT2D eigenvalue weighted by Crippen LogP contribution is -2.08. The molecule has 1 aromatic heterocycles. The monoisotopic (exact) mass is 351 g/mol. The first-order chi connectivity index (χ1) is 10.0. The number of hydrogen-bond acceptors (Lipinski definition) is 4. The van der Waals surface area contributed by atoms with Crippen molar-refractivity contribution in [3.05, 3.63) is 52.3 Å². The van der Waals surface area contributed by atoms with Crippen LogP contribution in [0.3, 0.4) is 0 Å². The molecule has 0 saturated heterocycles. The third kappa shape index (κ3) is 3.95. The number of nitrogens with zero attached hydrogens (tertiary/aromatic N) is 1. The second-order valence-electron chi connectivity index (χ2n) is 4.91. The van der Waals surface area contributed by atoms with Crippen LogP contribution in [0.5, 0.6) is 11.5 Å². The van der Waals surface area contributed by atoms with Crippen LogP contribution in [0.1, 0.15) is 31.1 Å². The number of methoxy groups -OCH3 is 1. The number of hydrogen-bond donors (Lipinski definition) is 1. The van der Waals surface area contributed by atoms with Gasteiger partial charge in [0.1, 0.15) is 17.6 Å². The molecule has 0 amide bonds. The number of aliphatic hydroxyl groups is 1. The zero-order valence-corrected chi connectivity index (χ0v) is 13.8. The fourth-order valence-corrected chi connectivity index (χ4v) is 2.40. The minimum absolute atomic E-state index is 0.0552. The Hall–Kier alpha value is -1.59. The molecule has 0 spiro atoms. The Bertz CT molecular complexity index is 616. The minimum atomic E-state index is -0.833. The number of aliphatic hydroxyl groups excluding tert-OH is 1. The van der Waals surface area contributed by atoms with Crippen LogP contribution in [0.15, 0.2) is 41.1 Å². The van der Waals surface area contributed by atoms with Crippen molar-refractivity contribution in [2.24, 2.45) is 0 Å². The van der Waals surface area contributed by atoms with E-state index in [1.807, 2.05) is 32.0 Å². The first-order valence-electron chi connectivity index (χ1n) is 6.64. The summed E-state index contributed by atoms with van der Waals surface area (Å²) in [6, 6.07) is 7.30. The second kappa shape index (κ2) is 6.91. The van der Waals surface area contributed by atoms with Gasteiger partial charge in [-0.2, -0.15) is 0 Å². The molecule has 0 aliphatic heterocycles. The maximum atomic E-state index is 10.6. The van der Waals surface area contributed by atoms with Crippen molar-refractivity contribution in [3.8, 4) is 11.5 Å². The first-order valence-corrected chi connectivity index (χ1v) is 7.43. The van der Waals surface area contributed by atoms with Crippen molar-refractivity contribution in [3.63, 3.8) is 0 Å². The molecule has 4 nitrogen and oxygen atoms in total. The Morgan fingerprint density at radius 1 is 1.19 bits per heavy atom. The van der Waals surface area contributed by atoms with Gasteiger partial charge in [-0.25, -0.2) is 0 Å². The largest absolute Gasteiger partial charge is 0.496 e. The number of rotatable bonds is 5. The van der Waals surface area contributed by atoms with E-state index in [0.29, 0.717) is 22.6 Å². The maximum Gasteiger partial charge on any atom is 0.138 e. The molecule has 0 fully saturated rings. The van der Waals surface area contributed by atoms with Crippen molar-refractivity contribution in [2.45, 2.75) is 26.1 Å². The molecule has 0 radical (unpaired) electrons. The number of pyridine rings is 1. The lowest BCUT2D eigenvalue weighted by Gasteiger charge is -2.17. The molecule has 0 bridgehead atoms. The fraction of sp³-hybridized carbons (Fsp3) is 0.312. The van der Waals surface area contributed by atoms with Gasteiger partial charge in [0.25, 0.3) is 0 Å². The molecule has 5 heteroatoms. The highest BCUT2D eigenvalue weighted by atomic mass is 79.9. The molecule has 1 unspecified atom stereocenters. The molecule has 1 N–H and O–H groups in total. The average Bonchev–Trinajstić information content (AvgIpc) is 2.46. The molecular formula is C16H18BrNO3. The molecular weight excluding hydrogens is 334 g/mol. The van der Waals surface area contributed by atoms with Crippen LogP contribution in [-0.2, 0) is 0 Å². The van der Waals surface area contributed by atoms with Gasteiger partial charge in [-0.15, -0.1) is 0 Å². The predicted octanol–water partition coefficient (Wildman–Crippen LogP) is 3.72. The molecule has 1 aromatic carbocycles. The molecule has 112 valence electrons. The van der Waals surface area contributed by atoms with Crippen LogP contribution in [-0.4, -0.2) is 23.3 Å². The smallest absolute Gasteiger partial charge is 0.138 e. The van der Waals surface area contributed by atoms with Gasteiger partial charge in [-0.1, -0.05) is 15.9 Å². The Labute approximate surface area is 132 Å². The van der Waals surface area contributed by atoms with Crippen molar-refractivity contribution < 1.29 is 14.6 Å². The molecule has 1 atom stereocenters. The normalized spacial score (nSPS) is 12.3. The summed E-state index contributed by atoms with van der Waals surface area (Å²) in [7, 11) is 1.58. The van der Waals surface area contributed by atoms with Crippen LogP contribution in [0.4, 0.5) is 0 Å². The third-order valence-corrected chi connectivity index (χ3v) is 3.40. The highest BCUT2D eigenvalue weighted by molar-refractivity contribution is 9.10.